The monoisotopic (exact) mass is 116 g/mol. The molecule has 4 heteroatoms. The molecule has 0 fully saturated rings. The van der Waals surface area contributed by atoms with Crippen LogP contribution in [-0.4, -0.2) is 18.4 Å². The summed E-state index contributed by atoms with van der Waals surface area (Å²) in [5.74, 6) is -0.530. The van der Waals surface area contributed by atoms with E-state index in [0.717, 1.165) is 0 Å². The number of carbonyl (C=O) groups is 2. The lowest BCUT2D eigenvalue weighted by atomic mass is 10.3. The first kappa shape index (κ1) is 6.94. The summed E-state index contributed by atoms with van der Waals surface area (Å²) in [6.45, 7) is 1.51. The highest BCUT2D eigenvalue weighted by molar-refractivity contribution is 5.81. The van der Waals surface area contributed by atoms with Gasteiger partial charge >= 0.3 is 0 Å². The number of hydrogen-bond donors (Lipinski definition) is 2. The topological polar surface area (TPSA) is 72.2 Å². The molecular formula is C4H8N2O2. The Morgan fingerprint density at radius 1 is 1.88 bits per heavy atom. The van der Waals surface area contributed by atoms with Gasteiger partial charge < -0.3 is 11.1 Å². The molecule has 0 aliphatic carbocycles. The van der Waals surface area contributed by atoms with Crippen LogP contribution in [0.3, 0.4) is 0 Å². The number of nitrogens with two attached hydrogens (primary N) is 1. The zero-order chi connectivity index (χ0) is 6.57. The maximum atomic E-state index is 10.1. The minimum Gasteiger partial charge on any atom is -0.368 e. The Morgan fingerprint density at radius 2 is 2.38 bits per heavy atom. The van der Waals surface area contributed by atoms with Gasteiger partial charge in [-0.1, -0.05) is 0 Å². The van der Waals surface area contributed by atoms with Gasteiger partial charge in [-0.05, 0) is 6.92 Å². The standard InChI is InChI=1S/C4H8N2O2/c1-3(4(5)8)6-2-7/h2-3H,1H3,(H2,5,8)(H,6,7). The van der Waals surface area contributed by atoms with Gasteiger partial charge in [-0.2, -0.15) is 0 Å². The van der Waals surface area contributed by atoms with E-state index in [1.807, 2.05) is 0 Å². The first-order valence-electron chi connectivity index (χ1n) is 2.17. The van der Waals surface area contributed by atoms with Crippen LogP contribution in [0.1, 0.15) is 6.92 Å². The summed E-state index contributed by atoms with van der Waals surface area (Å²) in [6.07, 6.45) is 0.440. The number of primary amides is 1. The number of amides is 2. The zero-order valence-electron chi connectivity index (χ0n) is 4.55. The number of rotatable bonds is 3. The van der Waals surface area contributed by atoms with Crippen molar-refractivity contribution in [3.8, 4) is 0 Å². The summed E-state index contributed by atoms with van der Waals surface area (Å²) in [4.78, 5) is 19.7. The van der Waals surface area contributed by atoms with Crippen molar-refractivity contribution in [2.75, 3.05) is 0 Å². The van der Waals surface area contributed by atoms with Crippen LogP contribution in [0, 0.1) is 0 Å². The second kappa shape index (κ2) is 3.01. The Hall–Kier alpha value is -1.06. The fourth-order valence-electron chi connectivity index (χ4n) is 0.184. The molecule has 4 nitrogen and oxygen atoms in total. The lowest BCUT2D eigenvalue weighted by Gasteiger charge is -2.01. The summed E-state index contributed by atoms with van der Waals surface area (Å²) in [6, 6.07) is -0.563. The molecule has 0 aromatic rings. The fraction of sp³-hybridized carbons (Fsp3) is 0.500. The molecule has 0 saturated heterocycles. The maximum absolute atomic E-state index is 10.1. The highest BCUT2D eigenvalue weighted by atomic mass is 16.2. The van der Waals surface area contributed by atoms with Crippen molar-refractivity contribution in [3.05, 3.63) is 0 Å². The van der Waals surface area contributed by atoms with Crippen LogP contribution in [0.4, 0.5) is 0 Å². The van der Waals surface area contributed by atoms with Gasteiger partial charge in [0.15, 0.2) is 0 Å². The minimum absolute atomic E-state index is 0.440. The van der Waals surface area contributed by atoms with Gasteiger partial charge in [-0.25, -0.2) is 0 Å². The maximum Gasteiger partial charge on any atom is 0.239 e. The van der Waals surface area contributed by atoms with Crippen molar-refractivity contribution in [3.63, 3.8) is 0 Å². The Morgan fingerprint density at radius 3 is 2.50 bits per heavy atom. The van der Waals surface area contributed by atoms with E-state index in [9.17, 15) is 9.59 Å². The summed E-state index contributed by atoms with van der Waals surface area (Å²) in [5, 5.41) is 2.19. The molecule has 46 valence electrons. The molecule has 0 aliphatic heterocycles. The molecule has 1 atom stereocenters. The van der Waals surface area contributed by atoms with Crippen LogP contribution in [0.5, 0.6) is 0 Å². The molecule has 0 heterocycles. The fourth-order valence-corrected chi connectivity index (χ4v) is 0.184. The van der Waals surface area contributed by atoms with Gasteiger partial charge in [-0.3, -0.25) is 9.59 Å². The second-order valence-corrected chi connectivity index (χ2v) is 1.41. The van der Waals surface area contributed by atoms with E-state index < -0.39 is 11.9 Å². The second-order valence-electron chi connectivity index (χ2n) is 1.41. The van der Waals surface area contributed by atoms with Gasteiger partial charge in [0, 0.05) is 0 Å². The van der Waals surface area contributed by atoms with E-state index in [1.165, 1.54) is 6.92 Å². The van der Waals surface area contributed by atoms with Crippen molar-refractivity contribution in [2.24, 2.45) is 5.73 Å². The summed E-state index contributed by atoms with van der Waals surface area (Å²) in [5.41, 5.74) is 4.76. The van der Waals surface area contributed by atoms with Gasteiger partial charge in [0.05, 0.1) is 0 Å². The van der Waals surface area contributed by atoms with Crippen molar-refractivity contribution in [2.45, 2.75) is 13.0 Å². The smallest absolute Gasteiger partial charge is 0.239 e. The first-order valence-corrected chi connectivity index (χ1v) is 2.17. The third kappa shape index (κ3) is 2.17. The number of nitrogens with one attached hydrogen (secondary N) is 1. The predicted molar refractivity (Wildman–Crippen MR) is 27.9 cm³/mol. The third-order valence-corrected chi connectivity index (χ3v) is 0.745. The lowest BCUT2D eigenvalue weighted by molar-refractivity contribution is -0.122. The molecule has 3 N–H and O–H groups in total. The number of carbonyl (C=O) groups excluding carboxylic acids is 2. The number of hydrogen-bond acceptors (Lipinski definition) is 2. The Labute approximate surface area is 47.0 Å². The van der Waals surface area contributed by atoms with E-state index >= 15 is 0 Å². The summed E-state index contributed by atoms with van der Waals surface area (Å²) >= 11 is 0. The molecule has 0 bridgehead atoms. The van der Waals surface area contributed by atoms with E-state index in [2.05, 4.69) is 5.32 Å². The van der Waals surface area contributed by atoms with E-state index in [-0.39, 0.29) is 0 Å². The highest BCUT2D eigenvalue weighted by Crippen LogP contribution is 1.72. The SMILES string of the molecule is CC(NC=O)C(N)=O. The van der Waals surface area contributed by atoms with Crippen LogP contribution in [0.15, 0.2) is 0 Å². The van der Waals surface area contributed by atoms with Crippen LogP contribution in [0.2, 0.25) is 0 Å². The van der Waals surface area contributed by atoms with Crippen molar-refractivity contribution >= 4 is 12.3 Å². The van der Waals surface area contributed by atoms with Crippen molar-refractivity contribution in [1.29, 1.82) is 0 Å². The molecule has 2 amide bonds. The average Bonchev–Trinajstić information content (AvgIpc) is 1.67. The average molecular weight is 116 g/mol. The van der Waals surface area contributed by atoms with Gasteiger partial charge in [0.2, 0.25) is 12.3 Å². The molecule has 8 heavy (non-hydrogen) atoms. The highest BCUT2D eigenvalue weighted by Gasteiger charge is 2.03. The quantitative estimate of drug-likeness (QED) is 0.445. The summed E-state index contributed by atoms with van der Waals surface area (Å²) < 4.78 is 0. The van der Waals surface area contributed by atoms with Crippen molar-refractivity contribution < 1.29 is 9.59 Å². The molecule has 0 saturated carbocycles. The molecule has 0 spiro atoms. The minimum atomic E-state index is -0.563. The third-order valence-electron chi connectivity index (χ3n) is 0.745. The Kier molecular flexibility index (Phi) is 2.61. The normalized spacial score (nSPS) is 12.1. The van der Waals surface area contributed by atoms with Crippen LogP contribution in [0.25, 0.3) is 0 Å². The van der Waals surface area contributed by atoms with E-state index in [4.69, 9.17) is 5.73 Å². The molecule has 0 aromatic heterocycles. The molecule has 1 unspecified atom stereocenters. The Balaban J connectivity index is 3.46. The zero-order valence-corrected chi connectivity index (χ0v) is 4.55. The van der Waals surface area contributed by atoms with Gasteiger partial charge in [0.1, 0.15) is 6.04 Å². The molecule has 0 radical (unpaired) electrons. The van der Waals surface area contributed by atoms with Gasteiger partial charge in [-0.15, -0.1) is 0 Å². The molecule has 0 rings (SSSR count). The first-order chi connectivity index (χ1) is 3.68. The van der Waals surface area contributed by atoms with Crippen molar-refractivity contribution in [1.82, 2.24) is 5.32 Å². The Bertz CT molecular complexity index is 102. The van der Waals surface area contributed by atoms with E-state index in [0.29, 0.717) is 6.41 Å². The van der Waals surface area contributed by atoms with Gasteiger partial charge in [0.25, 0.3) is 0 Å². The molecule has 0 aromatic carbocycles. The largest absolute Gasteiger partial charge is 0.368 e. The molecular weight excluding hydrogens is 108 g/mol. The van der Waals surface area contributed by atoms with Crippen LogP contribution in [-0.2, 0) is 9.59 Å². The molecule has 0 aliphatic rings. The summed E-state index contributed by atoms with van der Waals surface area (Å²) in [7, 11) is 0. The lowest BCUT2D eigenvalue weighted by Crippen LogP contribution is -2.37. The van der Waals surface area contributed by atoms with E-state index in [1.54, 1.807) is 0 Å². The predicted octanol–water partition coefficient (Wildman–Crippen LogP) is -1.39. The van der Waals surface area contributed by atoms with Crippen LogP contribution < -0.4 is 11.1 Å². The van der Waals surface area contributed by atoms with Crippen LogP contribution >= 0.6 is 0 Å².